The molecule has 3 nitrogen and oxygen atoms in total. The quantitative estimate of drug-likeness (QED) is 0.175. The maximum atomic E-state index is 6.85. The van der Waals surface area contributed by atoms with Crippen LogP contribution in [-0.4, -0.2) is 9.13 Å². The summed E-state index contributed by atoms with van der Waals surface area (Å²) in [6, 6.07) is 70.6. The van der Waals surface area contributed by atoms with Crippen molar-refractivity contribution in [1.82, 2.24) is 9.13 Å². The Morgan fingerprint density at radius 1 is 0.362 bits per heavy atom. The number of para-hydroxylation sites is 3. The second-order valence-electron chi connectivity index (χ2n) is 15.3. The lowest BCUT2D eigenvalue weighted by Gasteiger charge is -2.11. The van der Waals surface area contributed by atoms with E-state index in [-0.39, 0.29) is 0 Å². The zero-order valence-corrected chi connectivity index (χ0v) is 32.0. The number of aromatic nitrogens is 2. The Hall–Kier alpha value is -7.40. The summed E-state index contributed by atoms with van der Waals surface area (Å²) in [4.78, 5) is 0. The number of fused-ring (bicyclic) bond motifs is 13. The highest BCUT2D eigenvalue weighted by Crippen LogP contribution is 2.43. The molecule has 0 amide bonds. The monoisotopic (exact) mass is 756 g/mol. The van der Waals surface area contributed by atoms with Crippen molar-refractivity contribution in [1.29, 1.82) is 0 Å². The minimum atomic E-state index is 0.886. The standard InChI is InChI=1S/C54H32N2OS/c1-5-22-46-39(16-1)40-17-2-6-23-47(40)55(46)37-26-29-50-45(32-37)42-27-28-49-52(53(42)57-50)44-19-3-7-24-48(44)56(49)36-15-10-13-34(31-36)33-12-9-14-35(30-33)38-20-11-21-43-41-18-4-8-25-51(41)58-54(38)43/h1-32H. The molecule has 0 bridgehead atoms. The topological polar surface area (TPSA) is 23.0 Å². The van der Waals surface area contributed by atoms with E-state index in [9.17, 15) is 0 Å². The summed E-state index contributed by atoms with van der Waals surface area (Å²) in [6.07, 6.45) is 0. The van der Waals surface area contributed by atoms with Crippen LogP contribution >= 0.6 is 11.3 Å². The number of benzene rings is 9. The molecule has 9 aromatic carbocycles. The van der Waals surface area contributed by atoms with Gasteiger partial charge in [0.1, 0.15) is 11.2 Å². The van der Waals surface area contributed by atoms with E-state index in [1.54, 1.807) is 0 Å². The van der Waals surface area contributed by atoms with Crippen LogP contribution in [0.2, 0.25) is 0 Å². The molecular weight excluding hydrogens is 725 g/mol. The lowest BCUT2D eigenvalue weighted by Crippen LogP contribution is -1.94. The molecule has 13 aromatic rings. The summed E-state index contributed by atoms with van der Waals surface area (Å²) >= 11 is 1.88. The lowest BCUT2D eigenvalue weighted by atomic mass is 9.97. The van der Waals surface area contributed by atoms with E-state index in [0.717, 1.165) is 49.7 Å². The molecule has 0 fully saturated rings. The van der Waals surface area contributed by atoms with Crippen LogP contribution in [0.3, 0.4) is 0 Å². The lowest BCUT2D eigenvalue weighted by molar-refractivity contribution is 0.673. The van der Waals surface area contributed by atoms with E-state index < -0.39 is 0 Å². The summed E-state index contributed by atoms with van der Waals surface area (Å²) in [5.74, 6) is 0. The van der Waals surface area contributed by atoms with E-state index >= 15 is 0 Å². The van der Waals surface area contributed by atoms with Crippen LogP contribution in [0, 0.1) is 0 Å². The van der Waals surface area contributed by atoms with Gasteiger partial charge in [0, 0.05) is 58.5 Å². The number of hydrogen-bond acceptors (Lipinski definition) is 2. The van der Waals surface area contributed by atoms with Crippen LogP contribution in [0.1, 0.15) is 0 Å². The van der Waals surface area contributed by atoms with E-state index in [1.807, 2.05) is 11.3 Å². The minimum absolute atomic E-state index is 0.886. The van der Waals surface area contributed by atoms with E-state index in [0.29, 0.717) is 0 Å². The van der Waals surface area contributed by atoms with Gasteiger partial charge in [-0.15, -0.1) is 11.3 Å². The number of nitrogens with zero attached hydrogens (tertiary/aromatic N) is 2. The molecule has 58 heavy (non-hydrogen) atoms. The molecule has 0 atom stereocenters. The Morgan fingerprint density at radius 3 is 1.78 bits per heavy atom. The average Bonchev–Trinajstić information content (AvgIpc) is 4.04. The third-order valence-electron chi connectivity index (χ3n) is 12.1. The van der Waals surface area contributed by atoms with Crippen LogP contribution in [0.25, 0.3) is 119 Å². The fourth-order valence-electron chi connectivity index (χ4n) is 9.56. The van der Waals surface area contributed by atoms with Gasteiger partial charge in [0.05, 0.1) is 27.5 Å². The molecule has 270 valence electrons. The molecule has 13 rings (SSSR count). The molecular formula is C54H32N2OS. The van der Waals surface area contributed by atoms with Gasteiger partial charge in [-0.2, -0.15) is 0 Å². The minimum Gasteiger partial charge on any atom is -0.455 e. The molecule has 0 saturated heterocycles. The Labute approximate surface area is 336 Å². The van der Waals surface area contributed by atoms with E-state index in [2.05, 4.69) is 203 Å². The van der Waals surface area contributed by atoms with Crippen LogP contribution in [0.4, 0.5) is 0 Å². The van der Waals surface area contributed by atoms with Crippen LogP contribution in [-0.2, 0) is 0 Å². The van der Waals surface area contributed by atoms with Gasteiger partial charge in [-0.05, 0) is 95.1 Å². The van der Waals surface area contributed by atoms with Gasteiger partial charge >= 0.3 is 0 Å². The van der Waals surface area contributed by atoms with Gasteiger partial charge in [0.2, 0.25) is 0 Å². The van der Waals surface area contributed by atoms with Gasteiger partial charge in [0.15, 0.2) is 0 Å². The SMILES string of the molecule is c1cc(-c2cccc(-n3c4ccccc4c4c5oc6ccc(-n7c8ccccc8c8ccccc87)cc6c5ccc43)c2)cc(-c2cccc3c2sc2ccccc23)c1. The highest BCUT2D eigenvalue weighted by atomic mass is 32.1. The van der Waals surface area contributed by atoms with Crippen molar-refractivity contribution < 1.29 is 4.42 Å². The molecule has 4 heteroatoms. The molecule has 0 aliphatic heterocycles. The maximum absolute atomic E-state index is 6.85. The second kappa shape index (κ2) is 12.1. The fourth-order valence-corrected chi connectivity index (χ4v) is 10.8. The number of rotatable bonds is 4. The van der Waals surface area contributed by atoms with Crippen molar-refractivity contribution in [3.8, 4) is 33.6 Å². The molecule has 0 radical (unpaired) electrons. The van der Waals surface area contributed by atoms with Crippen molar-refractivity contribution in [2.75, 3.05) is 0 Å². The third kappa shape index (κ3) is 4.49. The van der Waals surface area contributed by atoms with E-state index in [4.69, 9.17) is 4.42 Å². The molecule has 0 spiro atoms. The van der Waals surface area contributed by atoms with Gasteiger partial charge in [-0.25, -0.2) is 0 Å². The smallest absolute Gasteiger partial charge is 0.145 e. The Morgan fingerprint density at radius 2 is 0.966 bits per heavy atom. The van der Waals surface area contributed by atoms with Gasteiger partial charge in [-0.3, -0.25) is 0 Å². The predicted molar refractivity (Wildman–Crippen MR) is 246 cm³/mol. The van der Waals surface area contributed by atoms with Crippen molar-refractivity contribution in [2.24, 2.45) is 0 Å². The second-order valence-corrected chi connectivity index (χ2v) is 16.3. The van der Waals surface area contributed by atoms with Crippen molar-refractivity contribution in [2.45, 2.75) is 0 Å². The first kappa shape index (κ1) is 31.8. The van der Waals surface area contributed by atoms with Gasteiger partial charge in [0.25, 0.3) is 0 Å². The maximum Gasteiger partial charge on any atom is 0.145 e. The summed E-state index contributed by atoms with van der Waals surface area (Å²) < 4.78 is 14.3. The molecule has 0 N–H and O–H groups in total. The molecule has 0 unspecified atom stereocenters. The average molecular weight is 757 g/mol. The summed E-state index contributed by atoms with van der Waals surface area (Å²) in [5, 5.41) is 9.69. The van der Waals surface area contributed by atoms with Crippen molar-refractivity contribution >= 4 is 97.1 Å². The first-order valence-corrected chi connectivity index (χ1v) is 20.6. The van der Waals surface area contributed by atoms with Crippen LogP contribution < -0.4 is 0 Å². The van der Waals surface area contributed by atoms with Gasteiger partial charge in [-0.1, -0.05) is 121 Å². The van der Waals surface area contributed by atoms with E-state index in [1.165, 1.54) is 69.6 Å². The zero-order chi connectivity index (χ0) is 37.9. The molecule has 0 saturated carbocycles. The molecule has 4 heterocycles. The summed E-state index contributed by atoms with van der Waals surface area (Å²) in [7, 11) is 0. The highest BCUT2D eigenvalue weighted by molar-refractivity contribution is 7.26. The largest absolute Gasteiger partial charge is 0.455 e. The molecule has 4 aromatic heterocycles. The first-order valence-electron chi connectivity index (χ1n) is 19.8. The Kier molecular flexibility index (Phi) is 6.60. The zero-order valence-electron chi connectivity index (χ0n) is 31.2. The Balaban J connectivity index is 0.963. The normalized spacial score (nSPS) is 12.1. The summed E-state index contributed by atoms with van der Waals surface area (Å²) in [5.41, 5.74) is 13.6. The summed E-state index contributed by atoms with van der Waals surface area (Å²) in [6.45, 7) is 0. The molecule has 0 aliphatic carbocycles. The fraction of sp³-hybridized carbons (Fsp3) is 0. The van der Waals surface area contributed by atoms with Crippen LogP contribution in [0.15, 0.2) is 199 Å². The van der Waals surface area contributed by atoms with Crippen molar-refractivity contribution in [3.63, 3.8) is 0 Å². The number of furan rings is 1. The first-order chi connectivity index (χ1) is 28.8. The Bertz CT molecular complexity index is 3760. The third-order valence-corrected chi connectivity index (χ3v) is 13.3. The molecule has 0 aliphatic rings. The highest BCUT2D eigenvalue weighted by Gasteiger charge is 2.20. The number of thiophene rings is 1. The van der Waals surface area contributed by atoms with Crippen molar-refractivity contribution in [3.05, 3.63) is 194 Å². The van der Waals surface area contributed by atoms with Gasteiger partial charge < -0.3 is 13.6 Å². The predicted octanol–water partition coefficient (Wildman–Crippen LogP) is 15.5. The van der Waals surface area contributed by atoms with Crippen LogP contribution in [0.5, 0.6) is 0 Å². The number of hydrogen-bond donors (Lipinski definition) is 0.